The van der Waals surface area contributed by atoms with Crippen molar-refractivity contribution < 1.29 is 36.2 Å². The maximum absolute atomic E-state index is 13.4. The van der Waals surface area contributed by atoms with Crippen LogP contribution in [-0.4, -0.2) is 62.7 Å². The molecule has 3 aromatic rings. The number of benzene rings is 1. The molecule has 36 heavy (non-hydrogen) atoms. The smallest absolute Gasteiger partial charge is 0.425 e. The van der Waals surface area contributed by atoms with Gasteiger partial charge in [-0.15, -0.1) is 5.10 Å². The van der Waals surface area contributed by atoms with Crippen molar-refractivity contribution >= 4 is 20.6 Å². The average Bonchev–Trinajstić information content (AvgIpc) is 3.15. The lowest BCUT2D eigenvalue weighted by Crippen LogP contribution is -2.32. The molecule has 1 unspecified atom stereocenters. The van der Waals surface area contributed by atoms with E-state index in [1.54, 1.807) is 6.92 Å². The number of sulfone groups is 1. The highest BCUT2D eigenvalue weighted by molar-refractivity contribution is 7.91. The third kappa shape index (κ3) is 5.19. The standard InChI is InChI=1S/C22H25F3N4O6S/c1-3-28-18(12-30)27-29(21(28)31)15-10-14-4-7-26-20(35-16-5-8-36(32,33)9-6-16)19(14)17(11-15)34-13(2)22(23,24)25/h4,7,10-11,13,16,30H,3,5-6,8-9,12H2,1-2H3. The van der Waals surface area contributed by atoms with Crippen LogP contribution in [-0.2, 0) is 23.0 Å². The minimum atomic E-state index is -4.67. The van der Waals surface area contributed by atoms with Crippen molar-refractivity contribution in [1.82, 2.24) is 19.3 Å². The highest BCUT2D eigenvalue weighted by atomic mass is 32.2. The van der Waals surface area contributed by atoms with Gasteiger partial charge >= 0.3 is 11.9 Å². The molecule has 196 valence electrons. The molecule has 4 rings (SSSR count). The van der Waals surface area contributed by atoms with Crippen LogP contribution < -0.4 is 15.2 Å². The molecule has 1 N–H and O–H groups in total. The van der Waals surface area contributed by atoms with Crippen LogP contribution in [0.15, 0.2) is 29.2 Å². The lowest BCUT2D eigenvalue weighted by Gasteiger charge is -2.24. The van der Waals surface area contributed by atoms with Gasteiger partial charge in [0.25, 0.3) is 0 Å². The summed E-state index contributed by atoms with van der Waals surface area (Å²) >= 11 is 0. The maximum Gasteiger partial charge on any atom is 0.425 e. The molecule has 1 aromatic carbocycles. The Hall–Kier alpha value is -3.13. The molecule has 0 amide bonds. The van der Waals surface area contributed by atoms with Gasteiger partial charge in [-0.05, 0) is 44.2 Å². The number of fused-ring (bicyclic) bond motifs is 1. The molecule has 0 radical (unpaired) electrons. The van der Waals surface area contributed by atoms with Crippen molar-refractivity contribution in [2.45, 2.75) is 58.2 Å². The van der Waals surface area contributed by atoms with Gasteiger partial charge in [-0.1, -0.05) is 0 Å². The van der Waals surface area contributed by atoms with E-state index in [0.717, 1.165) is 11.6 Å². The summed E-state index contributed by atoms with van der Waals surface area (Å²) in [5.74, 6) is -0.258. The van der Waals surface area contributed by atoms with E-state index in [4.69, 9.17) is 9.47 Å². The predicted octanol–water partition coefficient (Wildman–Crippen LogP) is 2.38. The van der Waals surface area contributed by atoms with Crippen molar-refractivity contribution in [3.8, 4) is 17.3 Å². The van der Waals surface area contributed by atoms with E-state index in [1.165, 1.54) is 29.0 Å². The largest absolute Gasteiger partial charge is 0.480 e. The number of pyridine rings is 1. The Morgan fingerprint density at radius 1 is 1.25 bits per heavy atom. The zero-order valence-corrected chi connectivity index (χ0v) is 20.3. The first kappa shape index (κ1) is 25.9. The molecule has 1 aliphatic rings. The number of aromatic nitrogens is 4. The second-order valence-electron chi connectivity index (χ2n) is 8.44. The van der Waals surface area contributed by atoms with E-state index in [1.807, 2.05) is 0 Å². The van der Waals surface area contributed by atoms with Crippen LogP contribution in [0.2, 0.25) is 0 Å². The maximum atomic E-state index is 13.4. The number of aliphatic hydroxyl groups is 1. The molecule has 3 heterocycles. The molecule has 0 bridgehead atoms. The molecule has 1 fully saturated rings. The van der Waals surface area contributed by atoms with E-state index in [9.17, 15) is 31.5 Å². The van der Waals surface area contributed by atoms with Gasteiger partial charge in [0.2, 0.25) is 5.88 Å². The second-order valence-corrected chi connectivity index (χ2v) is 10.7. The SMILES string of the molecule is CCn1c(CO)nn(-c2cc(OC(C)C(F)(F)F)c3c(OC4CCS(=O)(=O)CC4)nccc3c2)c1=O. The van der Waals surface area contributed by atoms with Crippen LogP contribution in [0.5, 0.6) is 11.6 Å². The fraction of sp³-hybridized carbons (Fsp3) is 0.500. The zero-order valence-electron chi connectivity index (χ0n) is 19.5. The lowest BCUT2D eigenvalue weighted by molar-refractivity contribution is -0.189. The summed E-state index contributed by atoms with van der Waals surface area (Å²) in [6, 6.07) is 4.28. The highest BCUT2D eigenvalue weighted by Gasteiger charge is 2.38. The van der Waals surface area contributed by atoms with Crippen LogP contribution >= 0.6 is 0 Å². The molecule has 10 nitrogen and oxygen atoms in total. The number of rotatable bonds is 7. The summed E-state index contributed by atoms with van der Waals surface area (Å²) < 4.78 is 77.1. The molecule has 0 saturated carbocycles. The van der Waals surface area contributed by atoms with E-state index in [-0.39, 0.29) is 59.4 Å². The first-order chi connectivity index (χ1) is 16.9. The molecule has 2 aromatic heterocycles. The zero-order chi connectivity index (χ0) is 26.3. The third-order valence-electron chi connectivity index (χ3n) is 5.96. The van der Waals surface area contributed by atoms with E-state index < -0.39 is 40.5 Å². The van der Waals surface area contributed by atoms with E-state index in [0.29, 0.717) is 5.39 Å². The molecule has 1 aliphatic heterocycles. The van der Waals surface area contributed by atoms with Gasteiger partial charge in [-0.2, -0.15) is 17.9 Å². The summed E-state index contributed by atoms with van der Waals surface area (Å²) in [5.41, 5.74) is -0.454. The van der Waals surface area contributed by atoms with Crippen molar-refractivity contribution in [3.05, 3.63) is 40.7 Å². The number of alkyl halides is 3. The van der Waals surface area contributed by atoms with Gasteiger partial charge in [0, 0.05) is 18.8 Å². The summed E-state index contributed by atoms with van der Waals surface area (Å²) in [7, 11) is -3.15. The quantitative estimate of drug-likeness (QED) is 0.494. The van der Waals surface area contributed by atoms with Gasteiger partial charge in [-0.25, -0.2) is 18.2 Å². The molecule has 0 aliphatic carbocycles. The minimum absolute atomic E-state index is 0.00444. The van der Waals surface area contributed by atoms with Crippen LogP contribution in [0.4, 0.5) is 13.2 Å². The average molecular weight is 531 g/mol. The monoisotopic (exact) mass is 530 g/mol. The topological polar surface area (TPSA) is 126 Å². The number of hydrogen-bond acceptors (Lipinski definition) is 8. The number of hydrogen-bond donors (Lipinski definition) is 1. The summed E-state index contributed by atoms with van der Waals surface area (Å²) in [5, 5.41) is 14.2. The van der Waals surface area contributed by atoms with E-state index in [2.05, 4.69) is 10.1 Å². The van der Waals surface area contributed by atoms with E-state index >= 15 is 0 Å². The van der Waals surface area contributed by atoms with Crippen molar-refractivity contribution in [1.29, 1.82) is 0 Å². The normalized spacial score (nSPS) is 17.3. The lowest BCUT2D eigenvalue weighted by atomic mass is 10.1. The van der Waals surface area contributed by atoms with Gasteiger partial charge in [0.15, 0.2) is 21.8 Å². The Morgan fingerprint density at radius 2 is 1.94 bits per heavy atom. The van der Waals surface area contributed by atoms with Crippen LogP contribution in [0, 0.1) is 0 Å². The Kier molecular flexibility index (Phi) is 7.01. The molecule has 0 spiro atoms. The van der Waals surface area contributed by atoms with Crippen LogP contribution in [0.1, 0.15) is 32.5 Å². The summed E-state index contributed by atoms with van der Waals surface area (Å²) in [6.07, 6.45) is -5.52. The summed E-state index contributed by atoms with van der Waals surface area (Å²) in [4.78, 5) is 17.0. The molecular formula is C22H25F3N4O6S. The first-order valence-electron chi connectivity index (χ1n) is 11.3. The predicted molar refractivity (Wildman–Crippen MR) is 123 cm³/mol. The van der Waals surface area contributed by atoms with Gasteiger partial charge in [-0.3, -0.25) is 4.57 Å². The number of aliphatic hydroxyl groups excluding tert-OH is 1. The molecular weight excluding hydrogens is 505 g/mol. The van der Waals surface area contributed by atoms with Gasteiger partial charge < -0.3 is 14.6 Å². The van der Waals surface area contributed by atoms with Gasteiger partial charge in [0.1, 0.15) is 18.5 Å². The van der Waals surface area contributed by atoms with Gasteiger partial charge in [0.05, 0.1) is 22.6 Å². The van der Waals surface area contributed by atoms with Crippen molar-refractivity contribution in [2.24, 2.45) is 0 Å². The molecule has 14 heteroatoms. The Bertz CT molecular complexity index is 1420. The highest BCUT2D eigenvalue weighted by Crippen LogP contribution is 2.38. The second kappa shape index (κ2) is 9.73. The van der Waals surface area contributed by atoms with Crippen LogP contribution in [0.25, 0.3) is 16.5 Å². The number of halogens is 3. The summed E-state index contributed by atoms with van der Waals surface area (Å²) in [6.45, 7) is 2.27. The Balaban J connectivity index is 1.84. The number of nitrogens with zero attached hydrogens (tertiary/aromatic N) is 4. The van der Waals surface area contributed by atoms with Crippen LogP contribution in [0.3, 0.4) is 0 Å². The van der Waals surface area contributed by atoms with Crippen molar-refractivity contribution in [2.75, 3.05) is 11.5 Å². The number of ether oxygens (including phenoxy) is 2. The first-order valence-corrected chi connectivity index (χ1v) is 13.1. The Morgan fingerprint density at radius 3 is 2.53 bits per heavy atom. The molecule has 1 saturated heterocycles. The molecule has 1 atom stereocenters. The Labute approximate surface area is 204 Å². The fourth-order valence-corrected chi connectivity index (χ4v) is 5.43. The fourth-order valence-electron chi connectivity index (χ4n) is 3.98. The third-order valence-corrected chi connectivity index (χ3v) is 7.68. The minimum Gasteiger partial charge on any atom is -0.480 e. The van der Waals surface area contributed by atoms with Crippen molar-refractivity contribution in [3.63, 3.8) is 0 Å².